The fraction of sp³-hybridized carbons (Fsp3) is 0. The number of imidazole rings is 2. The Labute approximate surface area is 288 Å². The van der Waals surface area contributed by atoms with E-state index in [-0.39, 0.29) is 20.9 Å². The van der Waals surface area contributed by atoms with Crippen molar-refractivity contribution in [3.8, 4) is 0 Å². The summed E-state index contributed by atoms with van der Waals surface area (Å²) >= 11 is 0. The summed E-state index contributed by atoms with van der Waals surface area (Å²) in [5.41, 5.74) is 1.72. The molecule has 0 saturated heterocycles. The van der Waals surface area contributed by atoms with E-state index in [1.165, 1.54) is 45.2 Å². The molecule has 0 aliphatic heterocycles. The molecule has 0 atom stereocenters. The highest BCUT2D eigenvalue weighted by molar-refractivity contribution is 7.86. The highest BCUT2D eigenvalue weighted by Crippen LogP contribution is 2.45. The number of pyridine rings is 2. The first-order chi connectivity index (χ1) is 25.0. The molecule has 16 heteroatoms. The Bertz CT molecular complexity index is 3540. The molecule has 0 aliphatic carbocycles. The standard InChI is InChI=1S/C36H20N6O8S2/c37-49-51(45,46)15-1-11-27-25(13-15)39-33-21-7-3-17-20-6-10-24-32-22(34-40-26-14-16(52(47,48)50-38)2-12-28(26)42(34)36(24)44)8-4-18(30(20)32)19-5-9-23(31(21)29(17)19)35(43)41(27)33/h1-14H,37-38H3/q+2. The predicted molar refractivity (Wildman–Crippen MR) is 192 cm³/mol. The van der Waals surface area contributed by atoms with E-state index < -0.39 is 20.2 Å². The minimum Gasteiger partial charge on any atom is -0.268 e. The fourth-order valence-corrected chi connectivity index (χ4v) is 9.45. The molecule has 4 heterocycles. The summed E-state index contributed by atoms with van der Waals surface area (Å²) in [5.74, 6) is 6.09. The molecule has 0 bridgehead atoms. The van der Waals surface area contributed by atoms with E-state index in [2.05, 4.69) is 20.4 Å². The molecule has 52 heavy (non-hydrogen) atoms. The average Bonchev–Trinajstić information content (AvgIpc) is 3.74. The topological polar surface area (TPSA) is 211 Å². The van der Waals surface area contributed by atoms with E-state index in [0.29, 0.717) is 54.9 Å². The lowest BCUT2D eigenvalue weighted by atomic mass is 9.86. The van der Waals surface area contributed by atoms with Crippen LogP contribution in [0.15, 0.2) is 104 Å². The van der Waals surface area contributed by atoms with Crippen LogP contribution in [0.5, 0.6) is 0 Å². The monoisotopic (exact) mass is 728 g/mol. The normalized spacial score (nSPS) is 13.4. The second kappa shape index (κ2) is 9.39. The van der Waals surface area contributed by atoms with Crippen LogP contribution in [0.1, 0.15) is 0 Å². The van der Waals surface area contributed by atoms with E-state index >= 15 is 0 Å². The number of aromatic nitrogens is 4. The quantitative estimate of drug-likeness (QED) is 0.154. The first-order valence-electron chi connectivity index (χ1n) is 15.7. The van der Waals surface area contributed by atoms with Crippen LogP contribution in [0.3, 0.4) is 0 Å². The molecule has 4 aromatic heterocycles. The van der Waals surface area contributed by atoms with Crippen molar-refractivity contribution >= 4 is 118 Å². The zero-order valence-corrected chi connectivity index (χ0v) is 28.0. The minimum atomic E-state index is -4.09. The van der Waals surface area contributed by atoms with Gasteiger partial charge in [0.15, 0.2) is 0 Å². The molecule has 0 radical (unpaired) electrons. The molecule has 0 amide bonds. The third-order valence-electron chi connectivity index (χ3n) is 10.4. The Morgan fingerprint density at radius 1 is 0.462 bits per heavy atom. The molecule has 0 saturated carbocycles. The molecular formula is C36H20N6O8S2+2. The van der Waals surface area contributed by atoms with Crippen molar-refractivity contribution in [2.24, 2.45) is 0 Å². The Morgan fingerprint density at radius 3 is 1.15 bits per heavy atom. The van der Waals surface area contributed by atoms with Crippen molar-refractivity contribution in [3.05, 3.63) is 106 Å². The fourth-order valence-electron chi connectivity index (χ4n) is 8.20. The van der Waals surface area contributed by atoms with Gasteiger partial charge in [0.25, 0.3) is 11.1 Å². The SMILES string of the molecule is [NH3+]OS(=O)(=O)c1ccc2c(c1)nc1c3ccc4c5ccc6c(=O)n7c8ccc(S(=O)(=O)O[NH3+])cc8nc7c7ccc(c8ccc(c(=O)n21)c3c84)c5c67. The van der Waals surface area contributed by atoms with Crippen LogP contribution < -0.4 is 22.9 Å². The summed E-state index contributed by atoms with van der Waals surface area (Å²) in [5, 5.41) is 9.06. The number of nitrogens with zero attached hydrogens (tertiary/aromatic N) is 4. The molecule has 0 fully saturated rings. The summed E-state index contributed by atoms with van der Waals surface area (Å²) in [6.45, 7) is 0. The third kappa shape index (κ3) is 3.40. The van der Waals surface area contributed by atoms with Gasteiger partial charge in [0.05, 0.1) is 22.1 Å². The molecule has 7 aromatic carbocycles. The lowest BCUT2D eigenvalue weighted by Gasteiger charge is -2.18. The molecule has 252 valence electrons. The number of quaternary nitrogens is 2. The van der Waals surface area contributed by atoms with Gasteiger partial charge in [-0.2, -0.15) is 28.6 Å². The van der Waals surface area contributed by atoms with Crippen molar-refractivity contribution < 1.29 is 37.2 Å². The Morgan fingerprint density at radius 2 is 0.788 bits per heavy atom. The summed E-state index contributed by atoms with van der Waals surface area (Å²) in [7, 11) is -8.18. The van der Waals surface area contributed by atoms with Crippen LogP contribution in [0.4, 0.5) is 0 Å². The minimum absolute atomic E-state index is 0.125. The number of hydrogen-bond acceptors (Lipinski definition) is 10. The molecular weight excluding hydrogens is 709 g/mol. The van der Waals surface area contributed by atoms with Gasteiger partial charge in [-0.05, 0) is 93.0 Å². The highest BCUT2D eigenvalue weighted by Gasteiger charge is 2.26. The Kier molecular flexibility index (Phi) is 5.34. The van der Waals surface area contributed by atoms with Crippen molar-refractivity contribution in [1.82, 2.24) is 18.8 Å². The van der Waals surface area contributed by atoms with Crippen molar-refractivity contribution in [2.45, 2.75) is 9.79 Å². The van der Waals surface area contributed by atoms with Gasteiger partial charge in [-0.3, -0.25) is 18.4 Å². The lowest BCUT2D eigenvalue weighted by molar-refractivity contribution is -0.635. The maximum atomic E-state index is 14.2. The van der Waals surface area contributed by atoms with E-state index in [9.17, 15) is 26.4 Å². The van der Waals surface area contributed by atoms with Gasteiger partial charge in [-0.25, -0.2) is 9.97 Å². The zero-order valence-electron chi connectivity index (χ0n) is 26.4. The molecule has 0 aliphatic rings. The lowest BCUT2D eigenvalue weighted by Crippen LogP contribution is -2.51. The highest BCUT2D eigenvalue weighted by atomic mass is 32.2. The first kappa shape index (κ1) is 29.6. The van der Waals surface area contributed by atoms with Crippen LogP contribution in [0.2, 0.25) is 0 Å². The molecule has 0 spiro atoms. The van der Waals surface area contributed by atoms with Gasteiger partial charge in [-0.1, -0.05) is 32.8 Å². The van der Waals surface area contributed by atoms with Gasteiger partial charge in [0.2, 0.25) is 0 Å². The summed E-state index contributed by atoms with van der Waals surface area (Å²) < 4.78 is 61.4. The largest absolute Gasteiger partial charge is 0.342 e. The van der Waals surface area contributed by atoms with E-state index in [0.717, 1.165) is 43.1 Å². The second-order valence-electron chi connectivity index (χ2n) is 12.7. The first-order valence-corrected chi connectivity index (χ1v) is 18.6. The number of rotatable bonds is 4. The zero-order chi connectivity index (χ0) is 35.6. The van der Waals surface area contributed by atoms with Gasteiger partial charge in [0.1, 0.15) is 21.1 Å². The van der Waals surface area contributed by atoms with Crippen LogP contribution in [0.25, 0.3) is 98.0 Å². The maximum absolute atomic E-state index is 14.2. The molecule has 11 rings (SSSR count). The summed E-state index contributed by atoms with van der Waals surface area (Å²) in [6, 6.07) is 23.7. The van der Waals surface area contributed by atoms with E-state index in [1.807, 2.05) is 36.4 Å². The number of benzene rings is 7. The second-order valence-corrected chi connectivity index (χ2v) is 16.0. The average molecular weight is 729 g/mol. The summed E-state index contributed by atoms with van der Waals surface area (Å²) in [6.07, 6.45) is 0. The number of hydrogen-bond donors (Lipinski definition) is 2. The van der Waals surface area contributed by atoms with Crippen LogP contribution >= 0.6 is 0 Å². The maximum Gasteiger partial charge on any atom is 0.342 e. The van der Waals surface area contributed by atoms with E-state index in [1.54, 1.807) is 12.1 Å². The predicted octanol–water partition coefficient (Wildman–Crippen LogP) is 2.97. The summed E-state index contributed by atoms with van der Waals surface area (Å²) in [4.78, 5) is 37.7. The van der Waals surface area contributed by atoms with Crippen LogP contribution in [-0.4, -0.2) is 35.6 Å². The molecule has 14 nitrogen and oxygen atoms in total. The smallest absolute Gasteiger partial charge is 0.268 e. The van der Waals surface area contributed by atoms with Crippen LogP contribution in [0, 0.1) is 0 Å². The molecule has 0 unspecified atom stereocenters. The number of fused-ring (bicyclic) bond motifs is 10. The van der Waals surface area contributed by atoms with Gasteiger partial charge >= 0.3 is 20.2 Å². The van der Waals surface area contributed by atoms with Crippen molar-refractivity contribution in [2.75, 3.05) is 0 Å². The van der Waals surface area contributed by atoms with Crippen LogP contribution in [-0.2, 0) is 28.8 Å². The third-order valence-corrected chi connectivity index (χ3v) is 12.7. The Balaban J connectivity index is 1.26. The Hall–Kier alpha value is -6.14. The van der Waals surface area contributed by atoms with Gasteiger partial charge < -0.3 is 0 Å². The van der Waals surface area contributed by atoms with E-state index in [4.69, 9.17) is 9.97 Å². The van der Waals surface area contributed by atoms with Crippen molar-refractivity contribution in [1.29, 1.82) is 0 Å². The van der Waals surface area contributed by atoms with Gasteiger partial charge in [-0.15, -0.1) is 0 Å². The van der Waals surface area contributed by atoms with Gasteiger partial charge in [0, 0.05) is 32.3 Å². The van der Waals surface area contributed by atoms with Crippen molar-refractivity contribution in [3.63, 3.8) is 0 Å². The molecule has 6 N–H and O–H groups in total. The molecule has 11 aromatic rings.